The van der Waals surface area contributed by atoms with Gasteiger partial charge in [-0.1, -0.05) is 60.7 Å². The van der Waals surface area contributed by atoms with Crippen molar-refractivity contribution in [1.29, 1.82) is 0 Å². The first kappa shape index (κ1) is 26.0. The molecule has 2 N–H and O–H groups in total. The van der Waals surface area contributed by atoms with E-state index in [1.165, 1.54) is 6.07 Å². The van der Waals surface area contributed by atoms with Crippen LogP contribution in [0.5, 0.6) is 17.2 Å². The van der Waals surface area contributed by atoms with Crippen molar-refractivity contribution in [3.05, 3.63) is 138 Å². The maximum absolute atomic E-state index is 12.1. The van der Waals surface area contributed by atoms with Gasteiger partial charge >= 0.3 is 0 Å². The summed E-state index contributed by atoms with van der Waals surface area (Å²) in [6.45, 7) is 2.97. The molecule has 0 amide bonds. The van der Waals surface area contributed by atoms with Gasteiger partial charge in [0, 0.05) is 22.6 Å². The Hall–Kier alpha value is -5.29. The molecule has 5 aromatic carbocycles. The second-order valence-electron chi connectivity index (χ2n) is 10.0. The van der Waals surface area contributed by atoms with Crippen molar-refractivity contribution < 1.29 is 19.4 Å². The number of hydrogen-bond acceptors (Lipinski definition) is 4. The summed E-state index contributed by atoms with van der Waals surface area (Å²) in [5.41, 5.74) is 7.82. The van der Waals surface area contributed by atoms with E-state index in [1.807, 2.05) is 104 Å². The predicted octanol–water partition coefficient (Wildman–Crippen LogP) is 8.49. The number of aryl methyl sites for hydroxylation is 1. The molecular formula is C36H29NO4. The van der Waals surface area contributed by atoms with Crippen LogP contribution in [-0.4, -0.2) is 16.4 Å². The molecule has 0 radical (unpaired) electrons. The third-order valence-corrected chi connectivity index (χ3v) is 7.14. The number of nitrogens with one attached hydrogen (secondary N) is 1. The topological polar surface area (TPSA) is 71.6 Å². The zero-order chi connectivity index (χ0) is 28.2. The Morgan fingerprint density at radius 1 is 0.732 bits per heavy atom. The first-order chi connectivity index (χ1) is 20.1. The normalized spacial score (nSPS) is 11.0. The minimum absolute atomic E-state index is 0.0935. The van der Waals surface area contributed by atoms with E-state index in [2.05, 4.69) is 4.98 Å². The SMILES string of the molecule is Cc1cc(OCc2ccccc2)cc2[nH]c(-c3ccc(OCc4ccccc4)cc3)c(-c3cc(O)ccc3C=O)c12. The van der Waals surface area contributed by atoms with Crippen molar-refractivity contribution >= 4 is 17.2 Å². The van der Waals surface area contributed by atoms with Gasteiger partial charge < -0.3 is 19.6 Å². The average molecular weight is 540 g/mol. The van der Waals surface area contributed by atoms with Gasteiger partial charge in [0.1, 0.15) is 30.5 Å². The number of phenolic OH excluding ortho intramolecular Hbond substituents is 1. The Bertz CT molecular complexity index is 1810. The minimum atomic E-state index is 0.0935. The molecule has 0 aliphatic carbocycles. The zero-order valence-corrected chi connectivity index (χ0v) is 22.6. The second kappa shape index (κ2) is 11.4. The number of benzene rings is 5. The maximum atomic E-state index is 12.1. The molecule has 6 rings (SSSR count). The summed E-state index contributed by atoms with van der Waals surface area (Å²) in [5.74, 6) is 1.60. The summed E-state index contributed by atoms with van der Waals surface area (Å²) in [5, 5.41) is 11.3. The van der Waals surface area contributed by atoms with Crippen molar-refractivity contribution in [3.8, 4) is 39.6 Å². The van der Waals surface area contributed by atoms with E-state index in [0.717, 1.165) is 62.2 Å². The lowest BCUT2D eigenvalue weighted by Gasteiger charge is -2.12. The molecule has 5 heteroatoms. The number of aromatic nitrogens is 1. The minimum Gasteiger partial charge on any atom is -0.508 e. The first-order valence-corrected chi connectivity index (χ1v) is 13.5. The fourth-order valence-electron chi connectivity index (χ4n) is 5.14. The van der Waals surface area contributed by atoms with Gasteiger partial charge in [0.25, 0.3) is 0 Å². The van der Waals surface area contributed by atoms with Gasteiger partial charge in [-0.3, -0.25) is 4.79 Å². The number of carbonyl (C=O) groups excluding carboxylic acids is 1. The number of aromatic hydroxyl groups is 1. The second-order valence-corrected chi connectivity index (χ2v) is 10.0. The van der Waals surface area contributed by atoms with E-state index in [4.69, 9.17) is 9.47 Å². The standard InChI is InChI=1S/C36H29NO4/c1-24-18-31(41-23-26-10-6-3-7-11-26)20-33-34(24)35(32-19-29(39)15-12-28(32)21-38)36(37-33)27-13-16-30(17-14-27)40-22-25-8-4-2-5-9-25/h2-21,37,39H,22-23H2,1H3. The van der Waals surface area contributed by atoms with E-state index in [-0.39, 0.29) is 5.75 Å². The van der Waals surface area contributed by atoms with Gasteiger partial charge in [-0.25, -0.2) is 0 Å². The van der Waals surface area contributed by atoms with Crippen LogP contribution in [0.3, 0.4) is 0 Å². The molecule has 0 fully saturated rings. The van der Waals surface area contributed by atoms with E-state index >= 15 is 0 Å². The molecule has 0 spiro atoms. The Morgan fingerprint density at radius 3 is 2.00 bits per heavy atom. The van der Waals surface area contributed by atoms with Crippen molar-refractivity contribution in [2.24, 2.45) is 0 Å². The molecule has 0 atom stereocenters. The smallest absolute Gasteiger partial charge is 0.150 e. The molecule has 1 heterocycles. The van der Waals surface area contributed by atoms with Crippen molar-refractivity contribution in [2.45, 2.75) is 20.1 Å². The van der Waals surface area contributed by atoms with Crippen LogP contribution in [-0.2, 0) is 13.2 Å². The summed E-state index contributed by atoms with van der Waals surface area (Å²) in [6, 6.07) is 36.8. The molecule has 0 bridgehead atoms. The Balaban J connectivity index is 1.41. The van der Waals surface area contributed by atoms with Crippen LogP contribution < -0.4 is 9.47 Å². The highest BCUT2D eigenvalue weighted by molar-refractivity contribution is 6.08. The maximum Gasteiger partial charge on any atom is 0.150 e. The molecule has 0 saturated carbocycles. The number of hydrogen-bond donors (Lipinski definition) is 2. The Kier molecular flexibility index (Phi) is 7.25. The van der Waals surface area contributed by atoms with Crippen LogP contribution in [0.25, 0.3) is 33.3 Å². The Labute approximate surface area is 238 Å². The number of phenols is 1. The lowest BCUT2D eigenvalue weighted by atomic mass is 9.93. The van der Waals surface area contributed by atoms with Crippen LogP contribution in [0, 0.1) is 6.92 Å². The monoisotopic (exact) mass is 539 g/mol. The molecule has 0 unspecified atom stereocenters. The largest absolute Gasteiger partial charge is 0.508 e. The third-order valence-electron chi connectivity index (χ3n) is 7.14. The van der Waals surface area contributed by atoms with Gasteiger partial charge in [0.2, 0.25) is 0 Å². The highest BCUT2D eigenvalue weighted by atomic mass is 16.5. The number of ether oxygens (including phenoxy) is 2. The first-order valence-electron chi connectivity index (χ1n) is 13.5. The van der Waals surface area contributed by atoms with Crippen LogP contribution in [0.2, 0.25) is 0 Å². The fraction of sp³-hybridized carbons (Fsp3) is 0.0833. The quantitative estimate of drug-likeness (QED) is 0.181. The van der Waals surface area contributed by atoms with Crippen LogP contribution in [0.1, 0.15) is 27.0 Å². The summed E-state index contributed by atoms with van der Waals surface area (Å²) in [7, 11) is 0. The number of H-pyrrole nitrogens is 1. The third kappa shape index (κ3) is 5.56. The zero-order valence-electron chi connectivity index (χ0n) is 22.6. The summed E-state index contributed by atoms with van der Waals surface area (Å²) >= 11 is 0. The molecule has 41 heavy (non-hydrogen) atoms. The number of fused-ring (bicyclic) bond motifs is 1. The van der Waals surface area contributed by atoms with Gasteiger partial charge in [-0.05, 0) is 83.3 Å². The highest BCUT2D eigenvalue weighted by Crippen LogP contribution is 2.43. The average Bonchev–Trinajstić information content (AvgIpc) is 3.40. The Morgan fingerprint density at radius 2 is 1.37 bits per heavy atom. The van der Waals surface area contributed by atoms with Gasteiger partial charge in [0.15, 0.2) is 6.29 Å². The van der Waals surface area contributed by atoms with Crippen molar-refractivity contribution in [1.82, 2.24) is 4.98 Å². The summed E-state index contributed by atoms with van der Waals surface area (Å²) in [4.78, 5) is 15.7. The molecule has 1 aromatic heterocycles. The van der Waals surface area contributed by atoms with Crippen LogP contribution in [0.4, 0.5) is 0 Å². The van der Waals surface area contributed by atoms with Crippen molar-refractivity contribution in [3.63, 3.8) is 0 Å². The molecule has 0 aliphatic heterocycles. The summed E-state index contributed by atoms with van der Waals surface area (Å²) in [6.07, 6.45) is 0.824. The number of carbonyl (C=O) groups is 1. The molecular weight excluding hydrogens is 510 g/mol. The van der Waals surface area contributed by atoms with Gasteiger partial charge in [-0.15, -0.1) is 0 Å². The van der Waals surface area contributed by atoms with E-state index in [9.17, 15) is 9.90 Å². The number of aldehydes is 1. The molecule has 0 aliphatic rings. The van der Waals surface area contributed by atoms with E-state index in [1.54, 1.807) is 12.1 Å². The predicted molar refractivity (Wildman–Crippen MR) is 163 cm³/mol. The fourth-order valence-corrected chi connectivity index (χ4v) is 5.14. The highest BCUT2D eigenvalue weighted by Gasteiger charge is 2.21. The van der Waals surface area contributed by atoms with Crippen molar-refractivity contribution in [2.75, 3.05) is 0 Å². The van der Waals surface area contributed by atoms with Crippen LogP contribution in [0.15, 0.2) is 115 Å². The van der Waals surface area contributed by atoms with E-state index < -0.39 is 0 Å². The van der Waals surface area contributed by atoms with Gasteiger partial charge in [0.05, 0.1) is 11.2 Å². The number of rotatable bonds is 9. The molecule has 202 valence electrons. The lowest BCUT2D eigenvalue weighted by Crippen LogP contribution is -1.95. The molecule has 0 saturated heterocycles. The lowest BCUT2D eigenvalue weighted by molar-refractivity contribution is 0.112. The molecule has 5 nitrogen and oxygen atoms in total. The molecule has 6 aromatic rings. The van der Waals surface area contributed by atoms with Gasteiger partial charge in [-0.2, -0.15) is 0 Å². The summed E-state index contributed by atoms with van der Waals surface area (Å²) < 4.78 is 12.2. The van der Waals surface area contributed by atoms with E-state index in [0.29, 0.717) is 24.3 Å². The number of aromatic amines is 1. The van der Waals surface area contributed by atoms with Crippen LogP contribution >= 0.6 is 0 Å².